The molecule has 2 atom stereocenters. The van der Waals surface area contributed by atoms with Gasteiger partial charge >= 0.3 is 0 Å². The highest BCUT2D eigenvalue weighted by molar-refractivity contribution is 6.06. The summed E-state index contributed by atoms with van der Waals surface area (Å²) in [4.78, 5) is 2.75. The minimum atomic E-state index is -0.0273. The Hall–Kier alpha value is -1.81. The van der Waals surface area contributed by atoms with Crippen LogP contribution in [0.1, 0.15) is 85.4 Å². The van der Waals surface area contributed by atoms with Crippen LogP contribution in [0.3, 0.4) is 0 Å². The highest BCUT2D eigenvalue weighted by Crippen LogP contribution is 2.41. The molecule has 4 nitrogen and oxygen atoms in total. The Morgan fingerprint density at radius 1 is 0.969 bits per heavy atom. The predicted octanol–water partition coefficient (Wildman–Crippen LogP) is 7.18. The minimum absolute atomic E-state index is 0.0273. The summed E-state index contributed by atoms with van der Waals surface area (Å²) in [5, 5.41) is 6.92. The van der Waals surface area contributed by atoms with Gasteiger partial charge in [-0.05, 0) is 80.6 Å². The molecule has 2 fully saturated rings. The average Bonchev–Trinajstić information content (AvgIpc) is 3.44. The Kier molecular flexibility index (Phi) is 5.43. The molecule has 4 heteroatoms. The third-order valence-electron chi connectivity index (χ3n) is 8.28. The van der Waals surface area contributed by atoms with Gasteiger partial charge in [0.1, 0.15) is 0 Å². The Morgan fingerprint density at radius 3 is 2.41 bits per heavy atom. The molecule has 2 aliphatic rings. The van der Waals surface area contributed by atoms with Crippen LogP contribution in [0.5, 0.6) is 0 Å². The van der Waals surface area contributed by atoms with Crippen LogP contribution >= 0.6 is 0 Å². The Labute approximate surface area is 193 Å². The zero-order valence-corrected chi connectivity index (χ0v) is 20.9. The van der Waals surface area contributed by atoms with Crippen LogP contribution in [0.2, 0.25) is 0 Å². The normalized spacial score (nSPS) is 24.2. The molecular formula is C28H41N3O. The van der Waals surface area contributed by atoms with E-state index >= 15 is 0 Å². The van der Waals surface area contributed by atoms with Crippen molar-refractivity contribution in [3.63, 3.8) is 0 Å². The van der Waals surface area contributed by atoms with E-state index in [2.05, 4.69) is 80.6 Å². The lowest BCUT2D eigenvalue weighted by atomic mass is 9.75. The van der Waals surface area contributed by atoms with Crippen molar-refractivity contribution < 1.29 is 4.52 Å². The molecule has 0 spiro atoms. The van der Waals surface area contributed by atoms with Crippen LogP contribution in [0.4, 0.5) is 0 Å². The second kappa shape index (κ2) is 7.90. The molecule has 0 amide bonds. The van der Waals surface area contributed by atoms with Crippen LogP contribution in [-0.4, -0.2) is 34.3 Å². The number of piperidine rings is 1. The van der Waals surface area contributed by atoms with Crippen molar-refractivity contribution in [1.29, 1.82) is 0 Å². The van der Waals surface area contributed by atoms with Gasteiger partial charge in [0, 0.05) is 35.1 Å². The van der Waals surface area contributed by atoms with Crippen molar-refractivity contribution in [3.05, 3.63) is 30.1 Å². The van der Waals surface area contributed by atoms with Crippen LogP contribution in [0, 0.1) is 17.3 Å². The standard InChI is InChI=1S/C28H41N3O/c1-27(2,3)20-11-14-30(15-12-20)18-19-7-8-21(17-19)31-16-13-22-23(31)9-10-24-25(22)26(29-32-24)28(4,5)6/h9-10,13,16,19-21H,7-8,11-12,14-15,17-18H2,1-6H3/t19-,21-/m0/s1. The van der Waals surface area contributed by atoms with E-state index in [-0.39, 0.29) is 5.41 Å². The summed E-state index contributed by atoms with van der Waals surface area (Å²) >= 11 is 0. The van der Waals surface area contributed by atoms with E-state index in [1.54, 1.807) is 0 Å². The Balaban J connectivity index is 1.30. The number of nitrogens with zero attached hydrogens (tertiary/aromatic N) is 3. The maximum absolute atomic E-state index is 5.68. The molecule has 2 aromatic heterocycles. The van der Waals surface area contributed by atoms with Crippen molar-refractivity contribution in [1.82, 2.24) is 14.6 Å². The summed E-state index contributed by atoms with van der Waals surface area (Å²) in [6, 6.07) is 7.25. The van der Waals surface area contributed by atoms with Crippen molar-refractivity contribution in [2.45, 2.75) is 85.1 Å². The molecule has 174 valence electrons. The smallest absolute Gasteiger partial charge is 0.167 e. The van der Waals surface area contributed by atoms with E-state index < -0.39 is 0 Å². The lowest BCUT2D eigenvalue weighted by Gasteiger charge is -2.39. The summed E-state index contributed by atoms with van der Waals surface area (Å²) in [5.41, 5.74) is 3.74. The van der Waals surface area contributed by atoms with E-state index in [1.165, 1.54) is 68.0 Å². The SMILES string of the molecule is CC(C)(C)c1noc2ccc3c(ccn3[C@H]3CC[C@H](CN4CCC(C(C)(C)C)CC4)C3)c12. The predicted molar refractivity (Wildman–Crippen MR) is 133 cm³/mol. The Morgan fingerprint density at radius 2 is 1.72 bits per heavy atom. The minimum Gasteiger partial charge on any atom is -0.356 e. The number of rotatable bonds is 3. The molecule has 0 radical (unpaired) electrons. The molecular weight excluding hydrogens is 394 g/mol. The summed E-state index contributed by atoms with van der Waals surface area (Å²) in [7, 11) is 0. The number of aromatic nitrogens is 2. The fraction of sp³-hybridized carbons (Fsp3) is 0.679. The van der Waals surface area contributed by atoms with Gasteiger partial charge in [-0.25, -0.2) is 0 Å². The molecule has 0 bridgehead atoms. The van der Waals surface area contributed by atoms with E-state index in [0.29, 0.717) is 11.5 Å². The second-order valence-corrected chi connectivity index (χ2v) is 12.6. The maximum atomic E-state index is 5.68. The van der Waals surface area contributed by atoms with Gasteiger partial charge in [0.2, 0.25) is 0 Å². The second-order valence-electron chi connectivity index (χ2n) is 12.6. The zero-order valence-electron chi connectivity index (χ0n) is 20.9. The third kappa shape index (κ3) is 4.00. The first-order chi connectivity index (χ1) is 15.1. The topological polar surface area (TPSA) is 34.2 Å². The molecule has 32 heavy (non-hydrogen) atoms. The maximum Gasteiger partial charge on any atom is 0.167 e. The van der Waals surface area contributed by atoms with Crippen molar-refractivity contribution >= 4 is 21.9 Å². The molecule has 1 aliphatic heterocycles. The summed E-state index contributed by atoms with van der Waals surface area (Å²) in [6.07, 6.45) is 8.99. The molecule has 1 aliphatic carbocycles. The first kappa shape index (κ1) is 22.0. The van der Waals surface area contributed by atoms with Crippen molar-refractivity contribution in [2.24, 2.45) is 17.3 Å². The quantitative estimate of drug-likeness (QED) is 0.437. The van der Waals surface area contributed by atoms with Gasteiger partial charge in [-0.1, -0.05) is 46.7 Å². The van der Waals surface area contributed by atoms with Gasteiger partial charge in [-0.15, -0.1) is 0 Å². The summed E-state index contributed by atoms with van der Waals surface area (Å²) < 4.78 is 8.23. The van der Waals surface area contributed by atoms with Crippen LogP contribution in [-0.2, 0) is 5.41 Å². The van der Waals surface area contributed by atoms with Gasteiger partial charge in [0.05, 0.1) is 11.1 Å². The first-order valence-corrected chi connectivity index (χ1v) is 12.7. The third-order valence-corrected chi connectivity index (χ3v) is 8.28. The van der Waals surface area contributed by atoms with E-state index in [4.69, 9.17) is 4.52 Å². The number of hydrogen-bond acceptors (Lipinski definition) is 3. The highest BCUT2D eigenvalue weighted by atomic mass is 16.5. The van der Waals surface area contributed by atoms with Gasteiger partial charge in [0.15, 0.2) is 5.58 Å². The molecule has 3 aromatic rings. The molecule has 0 N–H and O–H groups in total. The average molecular weight is 436 g/mol. The largest absolute Gasteiger partial charge is 0.356 e. The van der Waals surface area contributed by atoms with Crippen molar-refractivity contribution in [3.8, 4) is 0 Å². The van der Waals surface area contributed by atoms with E-state index in [9.17, 15) is 0 Å². The number of likely N-dealkylation sites (tertiary alicyclic amines) is 1. The number of fused-ring (bicyclic) bond motifs is 3. The first-order valence-electron chi connectivity index (χ1n) is 12.7. The molecule has 1 saturated heterocycles. The van der Waals surface area contributed by atoms with Crippen LogP contribution in [0.15, 0.2) is 28.9 Å². The van der Waals surface area contributed by atoms with E-state index in [0.717, 1.165) is 23.1 Å². The molecule has 3 heterocycles. The monoisotopic (exact) mass is 435 g/mol. The molecule has 1 saturated carbocycles. The number of hydrogen-bond donors (Lipinski definition) is 0. The lowest BCUT2D eigenvalue weighted by Crippen LogP contribution is -2.40. The molecule has 1 aromatic carbocycles. The van der Waals surface area contributed by atoms with Gasteiger partial charge in [-0.3, -0.25) is 0 Å². The summed E-state index contributed by atoms with van der Waals surface area (Å²) in [6.45, 7) is 17.7. The zero-order chi connectivity index (χ0) is 22.7. The summed E-state index contributed by atoms with van der Waals surface area (Å²) in [5.74, 6) is 1.71. The fourth-order valence-electron chi connectivity index (χ4n) is 6.32. The van der Waals surface area contributed by atoms with Gasteiger partial charge in [0.25, 0.3) is 0 Å². The van der Waals surface area contributed by atoms with Crippen molar-refractivity contribution in [2.75, 3.05) is 19.6 Å². The number of benzene rings is 1. The Bertz CT molecular complexity index is 1090. The molecule has 0 unspecified atom stereocenters. The fourth-order valence-corrected chi connectivity index (χ4v) is 6.32. The van der Waals surface area contributed by atoms with Gasteiger partial charge in [-0.2, -0.15) is 0 Å². The van der Waals surface area contributed by atoms with Gasteiger partial charge < -0.3 is 14.0 Å². The van der Waals surface area contributed by atoms with E-state index in [1.807, 2.05) is 0 Å². The van der Waals surface area contributed by atoms with Crippen LogP contribution in [0.25, 0.3) is 21.9 Å². The van der Waals surface area contributed by atoms with Crippen LogP contribution < -0.4 is 0 Å². The highest BCUT2D eigenvalue weighted by Gasteiger charge is 2.32. The molecule has 5 rings (SSSR count). The lowest BCUT2D eigenvalue weighted by molar-refractivity contribution is 0.101.